The SMILES string of the molecule is CNCc1cc(S(=O)(=O)N2CCSC(C)C2)ccc1Cl. The van der Waals surface area contributed by atoms with Gasteiger partial charge in [0.05, 0.1) is 4.90 Å². The molecule has 20 heavy (non-hydrogen) atoms. The van der Waals surface area contributed by atoms with Crippen molar-refractivity contribution in [3.05, 3.63) is 28.8 Å². The number of hydrogen-bond donors (Lipinski definition) is 1. The first-order valence-corrected chi connectivity index (χ1v) is 9.36. The Labute approximate surface area is 129 Å². The second kappa shape index (κ2) is 6.66. The highest BCUT2D eigenvalue weighted by molar-refractivity contribution is 8.00. The van der Waals surface area contributed by atoms with Crippen molar-refractivity contribution in [3.8, 4) is 0 Å². The lowest BCUT2D eigenvalue weighted by Crippen LogP contribution is -2.40. The van der Waals surface area contributed by atoms with E-state index in [9.17, 15) is 8.42 Å². The molecule has 1 fully saturated rings. The summed E-state index contributed by atoms with van der Waals surface area (Å²) < 4.78 is 26.9. The van der Waals surface area contributed by atoms with Gasteiger partial charge in [0.1, 0.15) is 0 Å². The second-order valence-electron chi connectivity index (χ2n) is 4.83. The van der Waals surface area contributed by atoms with E-state index >= 15 is 0 Å². The van der Waals surface area contributed by atoms with Crippen molar-refractivity contribution in [1.82, 2.24) is 9.62 Å². The van der Waals surface area contributed by atoms with Gasteiger partial charge < -0.3 is 5.32 Å². The van der Waals surface area contributed by atoms with E-state index in [4.69, 9.17) is 11.6 Å². The molecule has 1 heterocycles. The molecule has 0 bridgehead atoms. The lowest BCUT2D eigenvalue weighted by Gasteiger charge is -2.29. The minimum Gasteiger partial charge on any atom is -0.316 e. The first kappa shape index (κ1) is 16.1. The largest absolute Gasteiger partial charge is 0.316 e. The summed E-state index contributed by atoms with van der Waals surface area (Å²) in [6, 6.07) is 4.91. The van der Waals surface area contributed by atoms with E-state index < -0.39 is 10.0 Å². The molecule has 1 aromatic rings. The van der Waals surface area contributed by atoms with Gasteiger partial charge >= 0.3 is 0 Å². The predicted molar refractivity (Wildman–Crippen MR) is 84.9 cm³/mol. The molecule has 4 nitrogen and oxygen atoms in total. The highest BCUT2D eigenvalue weighted by Crippen LogP contribution is 2.26. The molecule has 0 aliphatic carbocycles. The molecule has 0 saturated carbocycles. The van der Waals surface area contributed by atoms with Crippen LogP contribution in [0, 0.1) is 0 Å². The maximum absolute atomic E-state index is 12.7. The lowest BCUT2D eigenvalue weighted by atomic mass is 10.2. The van der Waals surface area contributed by atoms with Crippen LogP contribution in [0.1, 0.15) is 12.5 Å². The molecule has 1 unspecified atom stereocenters. The predicted octanol–water partition coefficient (Wildman–Crippen LogP) is 2.19. The van der Waals surface area contributed by atoms with E-state index in [2.05, 4.69) is 12.2 Å². The molecule has 0 spiro atoms. The van der Waals surface area contributed by atoms with E-state index in [0.717, 1.165) is 11.3 Å². The van der Waals surface area contributed by atoms with Crippen LogP contribution in [0.15, 0.2) is 23.1 Å². The Balaban J connectivity index is 2.31. The Bertz CT molecular complexity index is 578. The van der Waals surface area contributed by atoms with Gasteiger partial charge in [-0.2, -0.15) is 16.1 Å². The molecule has 1 aromatic carbocycles. The highest BCUT2D eigenvalue weighted by Gasteiger charge is 2.29. The number of thioether (sulfide) groups is 1. The van der Waals surface area contributed by atoms with Crippen LogP contribution >= 0.6 is 23.4 Å². The molecule has 112 valence electrons. The van der Waals surface area contributed by atoms with Gasteiger partial charge in [-0.1, -0.05) is 18.5 Å². The minimum atomic E-state index is -3.42. The Hall–Kier alpha value is -0.270. The van der Waals surface area contributed by atoms with E-state index in [-0.39, 0.29) is 0 Å². The number of benzene rings is 1. The zero-order chi connectivity index (χ0) is 14.8. The van der Waals surface area contributed by atoms with Crippen LogP contribution in [0.2, 0.25) is 5.02 Å². The average molecular weight is 335 g/mol. The van der Waals surface area contributed by atoms with Crippen LogP contribution in [-0.2, 0) is 16.6 Å². The van der Waals surface area contributed by atoms with Crippen LogP contribution in [0.4, 0.5) is 0 Å². The third-order valence-corrected chi connectivity index (χ3v) is 6.59. The third-order valence-electron chi connectivity index (χ3n) is 3.23. The van der Waals surface area contributed by atoms with Crippen LogP contribution in [0.3, 0.4) is 0 Å². The third kappa shape index (κ3) is 3.49. The summed E-state index contributed by atoms with van der Waals surface area (Å²) in [5, 5.41) is 3.91. The highest BCUT2D eigenvalue weighted by atomic mass is 35.5. The van der Waals surface area contributed by atoms with Crippen molar-refractivity contribution in [2.45, 2.75) is 23.6 Å². The van der Waals surface area contributed by atoms with Crippen LogP contribution in [0.25, 0.3) is 0 Å². The second-order valence-corrected chi connectivity index (χ2v) is 8.72. The van der Waals surface area contributed by atoms with Gasteiger partial charge in [0.15, 0.2) is 0 Å². The Morgan fingerprint density at radius 3 is 2.90 bits per heavy atom. The first-order chi connectivity index (χ1) is 9.45. The van der Waals surface area contributed by atoms with Gasteiger partial charge in [0.2, 0.25) is 10.0 Å². The maximum atomic E-state index is 12.7. The van der Waals surface area contributed by atoms with Crippen molar-refractivity contribution >= 4 is 33.4 Å². The molecule has 0 amide bonds. The minimum absolute atomic E-state index is 0.325. The number of nitrogens with one attached hydrogen (secondary N) is 1. The van der Waals surface area contributed by atoms with E-state index in [1.807, 2.05) is 11.8 Å². The molecule has 1 saturated heterocycles. The number of halogens is 1. The molecule has 7 heteroatoms. The standard InChI is InChI=1S/C13H19ClN2O2S2/c1-10-9-16(5-6-19-10)20(17,18)12-3-4-13(14)11(7-12)8-15-2/h3-4,7,10,15H,5-6,8-9H2,1-2H3. The normalized spacial score (nSPS) is 21.1. The quantitative estimate of drug-likeness (QED) is 0.917. The van der Waals surface area contributed by atoms with Crippen molar-refractivity contribution in [1.29, 1.82) is 0 Å². The monoisotopic (exact) mass is 334 g/mol. The fourth-order valence-electron chi connectivity index (χ4n) is 2.19. The number of nitrogens with zero attached hydrogens (tertiary/aromatic N) is 1. The molecule has 1 atom stereocenters. The molecule has 0 radical (unpaired) electrons. The summed E-state index contributed by atoms with van der Waals surface area (Å²) in [7, 11) is -1.61. The molecule has 0 aromatic heterocycles. The zero-order valence-corrected chi connectivity index (χ0v) is 14.0. The summed E-state index contributed by atoms with van der Waals surface area (Å²) in [5.41, 5.74) is 0.801. The maximum Gasteiger partial charge on any atom is 0.243 e. The van der Waals surface area contributed by atoms with Gasteiger partial charge in [-0.3, -0.25) is 0 Å². The van der Waals surface area contributed by atoms with Gasteiger partial charge in [-0.05, 0) is 30.8 Å². The van der Waals surface area contributed by atoms with Crippen molar-refractivity contribution < 1.29 is 8.42 Å². The Kier molecular flexibility index (Phi) is 5.36. The topological polar surface area (TPSA) is 49.4 Å². The van der Waals surface area contributed by atoms with Crippen molar-refractivity contribution in [2.75, 3.05) is 25.9 Å². The van der Waals surface area contributed by atoms with Crippen LogP contribution in [0.5, 0.6) is 0 Å². The lowest BCUT2D eigenvalue weighted by molar-refractivity contribution is 0.424. The summed E-state index contributed by atoms with van der Waals surface area (Å²) >= 11 is 7.89. The molecular weight excluding hydrogens is 316 g/mol. The van der Waals surface area contributed by atoms with Crippen LogP contribution < -0.4 is 5.32 Å². The molecular formula is C13H19ClN2O2S2. The van der Waals surface area contributed by atoms with E-state index in [1.165, 1.54) is 0 Å². The van der Waals surface area contributed by atoms with Gasteiger partial charge in [0, 0.05) is 35.7 Å². The fraction of sp³-hybridized carbons (Fsp3) is 0.538. The molecule has 2 rings (SSSR count). The average Bonchev–Trinajstić information content (AvgIpc) is 2.41. The Morgan fingerprint density at radius 1 is 1.50 bits per heavy atom. The molecule has 1 aliphatic heterocycles. The Morgan fingerprint density at radius 2 is 2.25 bits per heavy atom. The van der Waals surface area contributed by atoms with Crippen molar-refractivity contribution in [2.24, 2.45) is 0 Å². The van der Waals surface area contributed by atoms with E-state index in [0.29, 0.717) is 34.8 Å². The number of sulfonamides is 1. The zero-order valence-electron chi connectivity index (χ0n) is 11.6. The fourth-order valence-corrected chi connectivity index (χ4v) is 5.18. The van der Waals surface area contributed by atoms with Crippen LogP contribution in [-0.4, -0.2) is 43.9 Å². The summed E-state index contributed by atoms with van der Waals surface area (Å²) in [4.78, 5) is 0.325. The first-order valence-electron chi connectivity index (χ1n) is 6.50. The molecule has 1 aliphatic rings. The van der Waals surface area contributed by atoms with Gasteiger partial charge in [-0.15, -0.1) is 0 Å². The molecule has 1 N–H and O–H groups in total. The van der Waals surface area contributed by atoms with E-state index in [1.54, 1.807) is 29.6 Å². The van der Waals surface area contributed by atoms with Crippen molar-refractivity contribution in [3.63, 3.8) is 0 Å². The number of rotatable bonds is 4. The summed E-state index contributed by atoms with van der Waals surface area (Å²) in [6.07, 6.45) is 0. The summed E-state index contributed by atoms with van der Waals surface area (Å²) in [5.74, 6) is 0.845. The van der Waals surface area contributed by atoms with Gasteiger partial charge in [0.25, 0.3) is 0 Å². The number of hydrogen-bond acceptors (Lipinski definition) is 4. The smallest absolute Gasteiger partial charge is 0.243 e. The van der Waals surface area contributed by atoms with Gasteiger partial charge in [-0.25, -0.2) is 8.42 Å². The summed E-state index contributed by atoms with van der Waals surface area (Å²) in [6.45, 7) is 3.74.